The van der Waals surface area contributed by atoms with Crippen molar-refractivity contribution in [3.63, 3.8) is 0 Å². The van der Waals surface area contributed by atoms with Gasteiger partial charge in [0.05, 0.1) is 0 Å². The molecule has 1 heterocycles. The summed E-state index contributed by atoms with van der Waals surface area (Å²) < 4.78 is 14.4. The molecule has 1 saturated heterocycles. The zero-order chi connectivity index (χ0) is 5.82. The first-order valence-corrected chi connectivity index (χ1v) is 2.44. The highest BCUT2D eigenvalue weighted by Gasteiger charge is 2.10. The molecule has 4 heteroatoms. The molecule has 0 radical (unpaired) electrons. The zero-order valence-corrected chi connectivity index (χ0v) is 4.50. The minimum Gasteiger partial charge on any atom is -0.329 e. The summed E-state index contributed by atoms with van der Waals surface area (Å²) in [4.78, 5) is 0. The molecule has 1 aliphatic rings. The van der Waals surface area contributed by atoms with Gasteiger partial charge in [-0.25, -0.2) is 0 Å². The van der Waals surface area contributed by atoms with Crippen molar-refractivity contribution < 1.29 is 14.2 Å². The van der Waals surface area contributed by atoms with Crippen LogP contribution in [-0.4, -0.2) is 26.4 Å². The summed E-state index contributed by atoms with van der Waals surface area (Å²) >= 11 is 0. The van der Waals surface area contributed by atoms with Crippen LogP contribution in [0.1, 0.15) is 0 Å². The van der Waals surface area contributed by atoms with Gasteiger partial charge in [0.25, 0.3) is 0 Å². The lowest BCUT2D eigenvalue weighted by Gasteiger charge is -2.21. The maximum atomic E-state index is 5.20. The highest BCUT2D eigenvalue weighted by molar-refractivity contribution is 4.41. The lowest BCUT2D eigenvalue weighted by molar-refractivity contribution is -0.294. The molecule has 0 aromatic heterocycles. The minimum atomic E-state index is -0.260. The standard InChI is InChI=1S/C4H9NO3/c5-1-4-7-2-6-3-8-4/h4H,1-3,5H2. The quantitative estimate of drug-likeness (QED) is 0.493. The van der Waals surface area contributed by atoms with Gasteiger partial charge in [-0.2, -0.15) is 0 Å². The van der Waals surface area contributed by atoms with E-state index in [1.54, 1.807) is 0 Å². The van der Waals surface area contributed by atoms with Crippen molar-refractivity contribution in [3.05, 3.63) is 0 Å². The van der Waals surface area contributed by atoms with E-state index in [9.17, 15) is 0 Å². The number of hydrogen-bond acceptors (Lipinski definition) is 4. The smallest absolute Gasteiger partial charge is 0.175 e. The highest BCUT2D eigenvalue weighted by Crippen LogP contribution is 1.98. The number of hydrogen-bond donors (Lipinski definition) is 1. The predicted molar refractivity (Wildman–Crippen MR) is 25.8 cm³/mol. The van der Waals surface area contributed by atoms with E-state index in [2.05, 4.69) is 0 Å². The first-order chi connectivity index (χ1) is 3.93. The van der Waals surface area contributed by atoms with Gasteiger partial charge in [-0.15, -0.1) is 0 Å². The average Bonchev–Trinajstić information content (AvgIpc) is 1.90. The van der Waals surface area contributed by atoms with Gasteiger partial charge >= 0.3 is 0 Å². The lowest BCUT2D eigenvalue weighted by Crippen LogP contribution is -2.32. The molecule has 0 spiro atoms. The molecule has 0 bridgehead atoms. The first-order valence-electron chi connectivity index (χ1n) is 2.44. The van der Waals surface area contributed by atoms with E-state index < -0.39 is 0 Å². The van der Waals surface area contributed by atoms with Crippen molar-refractivity contribution in [1.29, 1.82) is 0 Å². The largest absolute Gasteiger partial charge is 0.329 e. The number of rotatable bonds is 1. The van der Waals surface area contributed by atoms with E-state index in [4.69, 9.17) is 19.9 Å². The third-order valence-electron chi connectivity index (χ3n) is 0.867. The maximum absolute atomic E-state index is 5.20. The molecule has 8 heavy (non-hydrogen) atoms. The summed E-state index contributed by atoms with van der Waals surface area (Å²) in [6.07, 6.45) is -0.260. The molecule has 1 fully saturated rings. The molecule has 0 atom stereocenters. The summed E-state index contributed by atoms with van der Waals surface area (Å²) in [6.45, 7) is 0.979. The molecule has 0 saturated carbocycles. The summed E-state index contributed by atoms with van der Waals surface area (Å²) in [5, 5.41) is 0. The predicted octanol–water partition coefficient (Wildman–Crippen LogP) is -0.750. The van der Waals surface area contributed by atoms with Crippen LogP contribution in [0.15, 0.2) is 0 Å². The van der Waals surface area contributed by atoms with Crippen LogP contribution in [0.25, 0.3) is 0 Å². The van der Waals surface area contributed by atoms with Crippen LogP contribution in [0.2, 0.25) is 0 Å². The van der Waals surface area contributed by atoms with Crippen molar-refractivity contribution in [3.8, 4) is 0 Å². The van der Waals surface area contributed by atoms with Crippen LogP contribution < -0.4 is 5.73 Å². The Morgan fingerprint density at radius 1 is 1.38 bits per heavy atom. The van der Waals surface area contributed by atoms with Crippen LogP contribution in [0.3, 0.4) is 0 Å². The summed E-state index contributed by atoms with van der Waals surface area (Å²) in [6, 6.07) is 0. The monoisotopic (exact) mass is 119 g/mol. The Kier molecular flexibility index (Phi) is 2.23. The summed E-state index contributed by atoms with van der Waals surface area (Å²) in [5.74, 6) is 0. The summed E-state index contributed by atoms with van der Waals surface area (Å²) in [7, 11) is 0. The molecule has 0 aliphatic carbocycles. The topological polar surface area (TPSA) is 53.7 Å². The molecule has 0 aromatic carbocycles. The van der Waals surface area contributed by atoms with Gasteiger partial charge in [0.2, 0.25) is 0 Å². The fraction of sp³-hybridized carbons (Fsp3) is 1.00. The second kappa shape index (κ2) is 2.99. The Labute approximate surface area is 47.5 Å². The fourth-order valence-corrected chi connectivity index (χ4v) is 0.466. The third-order valence-corrected chi connectivity index (χ3v) is 0.867. The molecular formula is C4H9NO3. The number of ether oxygens (including phenoxy) is 3. The van der Waals surface area contributed by atoms with E-state index in [-0.39, 0.29) is 6.29 Å². The van der Waals surface area contributed by atoms with Crippen LogP contribution in [0.4, 0.5) is 0 Å². The van der Waals surface area contributed by atoms with Crippen molar-refractivity contribution in [2.45, 2.75) is 6.29 Å². The van der Waals surface area contributed by atoms with Crippen molar-refractivity contribution in [1.82, 2.24) is 0 Å². The van der Waals surface area contributed by atoms with Gasteiger partial charge in [0.15, 0.2) is 19.9 Å². The SMILES string of the molecule is NCC1OCOCO1. The Hall–Kier alpha value is -0.160. The van der Waals surface area contributed by atoms with Crippen LogP contribution in [0.5, 0.6) is 0 Å². The van der Waals surface area contributed by atoms with Crippen molar-refractivity contribution >= 4 is 0 Å². The average molecular weight is 119 g/mol. The normalized spacial score (nSPS) is 23.6. The molecular weight excluding hydrogens is 110 g/mol. The first kappa shape index (κ1) is 5.97. The van der Waals surface area contributed by atoms with E-state index in [0.29, 0.717) is 20.1 Å². The third kappa shape index (κ3) is 1.41. The van der Waals surface area contributed by atoms with E-state index in [1.165, 1.54) is 0 Å². The molecule has 1 rings (SSSR count). The Balaban J connectivity index is 2.13. The van der Waals surface area contributed by atoms with Crippen molar-refractivity contribution in [2.24, 2.45) is 5.73 Å². The zero-order valence-electron chi connectivity index (χ0n) is 4.50. The van der Waals surface area contributed by atoms with E-state index >= 15 is 0 Å². The van der Waals surface area contributed by atoms with Gasteiger partial charge in [0, 0.05) is 6.54 Å². The molecule has 48 valence electrons. The van der Waals surface area contributed by atoms with Gasteiger partial charge < -0.3 is 19.9 Å². The Bertz CT molecular complexity index is 62.3. The molecule has 0 unspecified atom stereocenters. The minimum absolute atomic E-state index is 0.260. The van der Waals surface area contributed by atoms with Crippen LogP contribution in [-0.2, 0) is 14.2 Å². The van der Waals surface area contributed by atoms with Gasteiger partial charge in [0.1, 0.15) is 0 Å². The van der Waals surface area contributed by atoms with Crippen molar-refractivity contribution in [2.75, 3.05) is 20.1 Å². The Morgan fingerprint density at radius 2 is 2.00 bits per heavy atom. The van der Waals surface area contributed by atoms with Crippen LogP contribution >= 0.6 is 0 Å². The molecule has 4 nitrogen and oxygen atoms in total. The van der Waals surface area contributed by atoms with E-state index in [0.717, 1.165) is 0 Å². The molecule has 0 amide bonds. The van der Waals surface area contributed by atoms with E-state index in [1.807, 2.05) is 0 Å². The molecule has 0 aromatic rings. The highest BCUT2D eigenvalue weighted by atomic mass is 16.8. The Morgan fingerprint density at radius 3 is 2.38 bits per heavy atom. The van der Waals surface area contributed by atoms with Gasteiger partial charge in [-0.05, 0) is 0 Å². The lowest BCUT2D eigenvalue weighted by atomic mass is 10.6. The number of nitrogens with two attached hydrogens (primary N) is 1. The maximum Gasteiger partial charge on any atom is 0.175 e. The fourth-order valence-electron chi connectivity index (χ4n) is 0.466. The summed E-state index contributed by atoms with van der Waals surface area (Å²) in [5.41, 5.74) is 5.20. The van der Waals surface area contributed by atoms with Gasteiger partial charge in [-0.1, -0.05) is 0 Å². The van der Waals surface area contributed by atoms with Gasteiger partial charge in [-0.3, -0.25) is 0 Å². The second-order valence-electron chi connectivity index (χ2n) is 1.44. The van der Waals surface area contributed by atoms with Crippen LogP contribution in [0, 0.1) is 0 Å². The molecule has 2 N–H and O–H groups in total. The second-order valence-corrected chi connectivity index (χ2v) is 1.44. The molecule has 1 aliphatic heterocycles.